The molecule has 2 fully saturated rings. The molecule has 3 aliphatic heterocycles. The number of rotatable bonds is 4. The highest BCUT2D eigenvalue weighted by Gasteiger charge is 2.39. The molecule has 30 heavy (non-hydrogen) atoms. The predicted octanol–water partition coefficient (Wildman–Crippen LogP) is 2.28. The van der Waals surface area contributed by atoms with Gasteiger partial charge in [0.1, 0.15) is 6.04 Å². The molecule has 2 aromatic rings. The van der Waals surface area contributed by atoms with Gasteiger partial charge in [0.2, 0.25) is 11.8 Å². The molecule has 0 radical (unpaired) electrons. The Balaban J connectivity index is 1.25. The van der Waals surface area contributed by atoms with Crippen LogP contribution in [0.3, 0.4) is 0 Å². The van der Waals surface area contributed by atoms with E-state index in [1.165, 1.54) is 10.4 Å². The topological polar surface area (TPSA) is 82.6 Å². The van der Waals surface area contributed by atoms with E-state index in [0.717, 1.165) is 38.0 Å². The van der Waals surface area contributed by atoms with E-state index in [0.29, 0.717) is 24.4 Å². The summed E-state index contributed by atoms with van der Waals surface area (Å²) in [6, 6.07) is 5.60. The minimum absolute atomic E-state index is 0.106. The molecule has 0 bridgehead atoms. The van der Waals surface area contributed by atoms with E-state index in [9.17, 15) is 14.4 Å². The standard InChI is InChI=1S/C22H24N4O3S/c27-20-4-3-19(21(28)24-20)26-11-16-9-15(1-2-18(16)22(26)29)14-5-7-25(8-6-14)12-17-10-23-13-30-17/h1-2,9-10,13-14,19H,3-8,11-12H2,(H,24,27,28). The lowest BCUT2D eigenvalue weighted by molar-refractivity contribution is -0.136. The molecule has 156 valence electrons. The first-order valence-corrected chi connectivity index (χ1v) is 11.3. The maximum absolute atomic E-state index is 12.9. The highest BCUT2D eigenvalue weighted by molar-refractivity contribution is 7.09. The zero-order valence-electron chi connectivity index (χ0n) is 16.7. The molecule has 0 spiro atoms. The van der Waals surface area contributed by atoms with Crippen molar-refractivity contribution in [3.63, 3.8) is 0 Å². The maximum Gasteiger partial charge on any atom is 0.255 e. The van der Waals surface area contributed by atoms with E-state index < -0.39 is 6.04 Å². The lowest BCUT2D eigenvalue weighted by atomic mass is 9.88. The van der Waals surface area contributed by atoms with Crippen LogP contribution < -0.4 is 5.32 Å². The number of thiazole rings is 1. The van der Waals surface area contributed by atoms with Crippen LogP contribution in [0.2, 0.25) is 0 Å². The summed E-state index contributed by atoms with van der Waals surface area (Å²) in [5.41, 5.74) is 4.84. The van der Waals surface area contributed by atoms with Crippen molar-refractivity contribution < 1.29 is 14.4 Å². The van der Waals surface area contributed by atoms with E-state index in [2.05, 4.69) is 27.3 Å². The quantitative estimate of drug-likeness (QED) is 0.762. The Hall–Kier alpha value is -2.58. The second-order valence-electron chi connectivity index (χ2n) is 8.33. The summed E-state index contributed by atoms with van der Waals surface area (Å²) < 4.78 is 0. The third kappa shape index (κ3) is 3.65. The molecule has 0 saturated carbocycles. The second-order valence-corrected chi connectivity index (χ2v) is 9.31. The molecule has 3 aliphatic rings. The minimum Gasteiger partial charge on any atom is -0.322 e. The number of nitrogens with one attached hydrogen (secondary N) is 1. The summed E-state index contributed by atoms with van der Waals surface area (Å²) in [5.74, 6) is -0.233. The number of carbonyl (C=O) groups is 3. The van der Waals surface area contributed by atoms with Crippen LogP contribution in [0.4, 0.5) is 0 Å². The van der Waals surface area contributed by atoms with Crippen LogP contribution >= 0.6 is 11.3 Å². The van der Waals surface area contributed by atoms with Gasteiger partial charge in [-0.05, 0) is 55.5 Å². The van der Waals surface area contributed by atoms with Crippen molar-refractivity contribution in [1.29, 1.82) is 0 Å². The number of likely N-dealkylation sites (tertiary alicyclic amines) is 1. The Kier molecular flexibility index (Phi) is 5.12. The van der Waals surface area contributed by atoms with E-state index in [1.807, 2.05) is 17.8 Å². The molecule has 2 saturated heterocycles. The van der Waals surface area contributed by atoms with Crippen molar-refractivity contribution in [1.82, 2.24) is 20.1 Å². The number of aromatic nitrogens is 1. The largest absolute Gasteiger partial charge is 0.322 e. The first-order valence-electron chi connectivity index (χ1n) is 10.5. The third-order valence-electron chi connectivity index (χ3n) is 6.47. The number of nitrogens with zero attached hydrogens (tertiary/aromatic N) is 3. The fraction of sp³-hybridized carbons (Fsp3) is 0.455. The van der Waals surface area contributed by atoms with Crippen LogP contribution in [0.15, 0.2) is 29.9 Å². The lowest BCUT2D eigenvalue weighted by Gasteiger charge is -2.32. The van der Waals surface area contributed by atoms with Gasteiger partial charge in [0, 0.05) is 36.1 Å². The fourth-order valence-corrected chi connectivity index (χ4v) is 5.45. The summed E-state index contributed by atoms with van der Waals surface area (Å²) in [5, 5.41) is 2.36. The Morgan fingerprint density at radius 3 is 2.70 bits per heavy atom. The SMILES string of the molecule is O=C1CCC(N2Cc3cc(C4CCN(Cc5cncs5)CC4)ccc3C2=O)C(=O)N1. The number of amides is 3. The van der Waals surface area contributed by atoms with Gasteiger partial charge in [-0.15, -0.1) is 11.3 Å². The van der Waals surface area contributed by atoms with Crippen molar-refractivity contribution in [2.45, 2.75) is 50.7 Å². The van der Waals surface area contributed by atoms with Crippen LogP contribution in [-0.4, -0.2) is 51.6 Å². The van der Waals surface area contributed by atoms with Gasteiger partial charge in [-0.2, -0.15) is 0 Å². The molecule has 1 aromatic heterocycles. The summed E-state index contributed by atoms with van der Waals surface area (Å²) in [6.45, 7) is 3.53. The molecule has 1 unspecified atom stereocenters. The van der Waals surface area contributed by atoms with E-state index in [1.54, 1.807) is 16.2 Å². The number of hydrogen-bond acceptors (Lipinski definition) is 6. The highest BCUT2D eigenvalue weighted by atomic mass is 32.1. The van der Waals surface area contributed by atoms with Gasteiger partial charge in [0.15, 0.2) is 0 Å². The third-order valence-corrected chi connectivity index (χ3v) is 7.23. The summed E-state index contributed by atoms with van der Waals surface area (Å²) >= 11 is 1.70. The molecular weight excluding hydrogens is 400 g/mol. The number of benzene rings is 1. The summed E-state index contributed by atoms with van der Waals surface area (Å²) in [6.07, 6.45) is 4.82. The van der Waals surface area contributed by atoms with Gasteiger partial charge in [0.05, 0.1) is 5.51 Å². The van der Waals surface area contributed by atoms with E-state index in [-0.39, 0.29) is 24.1 Å². The molecule has 4 heterocycles. The van der Waals surface area contributed by atoms with Crippen molar-refractivity contribution in [2.75, 3.05) is 13.1 Å². The van der Waals surface area contributed by atoms with Gasteiger partial charge < -0.3 is 4.90 Å². The highest BCUT2D eigenvalue weighted by Crippen LogP contribution is 2.34. The smallest absolute Gasteiger partial charge is 0.255 e. The zero-order valence-corrected chi connectivity index (χ0v) is 17.5. The molecule has 8 heteroatoms. The average molecular weight is 425 g/mol. The van der Waals surface area contributed by atoms with Crippen molar-refractivity contribution >= 4 is 29.1 Å². The van der Waals surface area contributed by atoms with Gasteiger partial charge in [-0.3, -0.25) is 29.6 Å². The predicted molar refractivity (Wildman–Crippen MR) is 112 cm³/mol. The summed E-state index contributed by atoms with van der Waals surface area (Å²) in [4.78, 5) is 46.0. The normalized spacial score (nSPS) is 23.0. The van der Waals surface area contributed by atoms with Gasteiger partial charge in [-0.25, -0.2) is 0 Å². The molecule has 1 N–H and O–H groups in total. The molecule has 3 amide bonds. The minimum atomic E-state index is -0.555. The number of piperidine rings is 2. The maximum atomic E-state index is 12.9. The van der Waals surface area contributed by atoms with Crippen molar-refractivity contribution in [2.24, 2.45) is 0 Å². The van der Waals surface area contributed by atoms with E-state index >= 15 is 0 Å². The zero-order chi connectivity index (χ0) is 20.7. The number of fused-ring (bicyclic) bond motifs is 1. The first-order chi connectivity index (χ1) is 14.6. The van der Waals surface area contributed by atoms with Gasteiger partial charge >= 0.3 is 0 Å². The lowest BCUT2D eigenvalue weighted by Crippen LogP contribution is -2.52. The second kappa shape index (κ2) is 7.92. The Bertz CT molecular complexity index is 982. The first kappa shape index (κ1) is 19.4. The van der Waals surface area contributed by atoms with Crippen LogP contribution in [-0.2, 0) is 22.7 Å². The number of hydrogen-bond donors (Lipinski definition) is 1. The number of imide groups is 1. The van der Waals surface area contributed by atoms with Crippen LogP contribution in [0.1, 0.15) is 58.0 Å². The monoisotopic (exact) mass is 424 g/mol. The molecule has 1 atom stereocenters. The van der Waals surface area contributed by atoms with Crippen LogP contribution in [0.5, 0.6) is 0 Å². The molecule has 0 aliphatic carbocycles. The Morgan fingerprint density at radius 1 is 1.13 bits per heavy atom. The molecule has 7 nitrogen and oxygen atoms in total. The van der Waals surface area contributed by atoms with Gasteiger partial charge in [-0.1, -0.05) is 12.1 Å². The molecule has 1 aromatic carbocycles. The van der Waals surface area contributed by atoms with Crippen LogP contribution in [0.25, 0.3) is 0 Å². The molecular formula is C22H24N4O3S. The average Bonchev–Trinajstić information content (AvgIpc) is 3.36. The molecule has 5 rings (SSSR count). The number of carbonyl (C=O) groups excluding carboxylic acids is 3. The fourth-order valence-electron chi connectivity index (χ4n) is 4.81. The van der Waals surface area contributed by atoms with Gasteiger partial charge in [0.25, 0.3) is 5.91 Å². The Labute approximate surface area is 179 Å². The van der Waals surface area contributed by atoms with Crippen molar-refractivity contribution in [3.05, 3.63) is 51.5 Å². The van der Waals surface area contributed by atoms with Crippen LogP contribution in [0, 0.1) is 0 Å². The van der Waals surface area contributed by atoms with Crippen molar-refractivity contribution in [3.8, 4) is 0 Å². The van der Waals surface area contributed by atoms with E-state index in [4.69, 9.17) is 0 Å². The summed E-state index contributed by atoms with van der Waals surface area (Å²) in [7, 11) is 0. The Morgan fingerprint density at radius 2 is 1.97 bits per heavy atom.